The molecule has 1 aromatic heterocycles. The van der Waals surface area contributed by atoms with Gasteiger partial charge in [-0.15, -0.1) is 0 Å². The number of aromatic nitrogens is 2. The van der Waals surface area contributed by atoms with E-state index in [4.69, 9.17) is 5.11 Å². The van der Waals surface area contributed by atoms with Gasteiger partial charge in [0, 0.05) is 11.8 Å². The number of hydrogen-bond acceptors (Lipinski definition) is 2. The average molecular weight is 259 g/mol. The van der Waals surface area contributed by atoms with Gasteiger partial charge in [-0.2, -0.15) is 5.10 Å². The number of halogens is 1. The van der Waals surface area contributed by atoms with Crippen LogP contribution in [0.2, 0.25) is 0 Å². The van der Waals surface area contributed by atoms with Gasteiger partial charge in [0.1, 0.15) is 0 Å². The largest absolute Gasteiger partial charge is 0.478 e. The summed E-state index contributed by atoms with van der Waals surface area (Å²) >= 11 is 3.26. The van der Waals surface area contributed by atoms with Gasteiger partial charge in [-0.1, -0.05) is 13.0 Å². The molecule has 1 rings (SSSR count). The van der Waals surface area contributed by atoms with Crippen LogP contribution in [0.15, 0.2) is 28.5 Å². The summed E-state index contributed by atoms with van der Waals surface area (Å²) in [5.41, 5.74) is 0.414. The van der Waals surface area contributed by atoms with Crippen LogP contribution in [0.25, 0.3) is 0 Å². The summed E-state index contributed by atoms with van der Waals surface area (Å²) in [4.78, 5) is 10.6. The molecule has 1 N–H and O–H groups in total. The summed E-state index contributed by atoms with van der Waals surface area (Å²) in [6, 6.07) is 0. The fourth-order valence-electron chi connectivity index (χ4n) is 1.02. The molecule has 1 aromatic rings. The van der Waals surface area contributed by atoms with Crippen LogP contribution in [0, 0.1) is 0 Å². The second-order valence-electron chi connectivity index (χ2n) is 2.77. The van der Waals surface area contributed by atoms with Crippen molar-refractivity contribution in [3.63, 3.8) is 0 Å². The molecule has 4 nitrogen and oxygen atoms in total. The first-order chi connectivity index (χ1) is 6.63. The summed E-state index contributed by atoms with van der Waals surface area (Å²) in [5, 5.41) is 12.8. The number of carboxylic acid groups (broad SMARTS) is 1. The van der Waals surface area contributed by atoms with Gasteiger partial charge in [0.2, 0.25) is 0 Å². The lowest BCUT2D eigenvalue weighted by molar-refractivity contribution is -0.132. The van der Waals surface area contributed by atoms with Gasteiger partial charge in [0.05, 0.1) is 17.2 Å². The van der Waals surface area contributed by atoms with Gasteiger partial charge in [0.15, 0.2) is 0 Å². The highest BCUT2D eigenvalue weighted by Crippen LogP contribution is 2.07. The molecule has 0 aliphatic rings. The topological polar surface area (TPSA) is 55.1 Å². The highest BCUT2D eigenvalue weighted by Gasteiger charge is 2.03. The van der Waals surface area contributed by atoms with E-state index < -0.39 is 5.97 Å². The van der Waals surface area contributed by atoms with E-state index in [1.807, 2.05) is 6.92 Å². The first-order valence-electron chi connectivity index (χ1n) is 4.23. The van der Waals surface area contributed by atoms with Gasteiger partial charge in [-0.3, -0.25) is 4.68 Å². The van der Waals surface area contributed by atoms with E-state index in [-0.39, 0.29) is 0 Å². The van der Waals surface area contributed by atoms with Gasteiger partial charge < -0.3 is 5.11 Å². The molecule has 0 fully saturated rings. The molecule has 5 heteroatoms. The number of nitrogens with zero attached hydrogens (tertiary/aromatic N) is 2. The molecule has 0 radical (unpaired) electrons. The zero-order chi connectivity index (χ0) is 10.6. The van der Waals surface area contributed by atoms with Crippen LogP contribution in [-0.4, -0.2) is 20.9 Å². The van der Waals surface area contributed by atoms with Crippen LogP contribution in [-0.2, 0) is 11.3 Å². The Hall–Kier alpha value is -1.10. The van der Waals surface area contributed by atoms with Crippen LogP contribution in [0.1, 0.15) is 13.3 Å². The van der Waals surface area contributed by atoms with E-state index in [1.165, 1.54) is 0 Å². The molecule has 0 amide bonds. The Morgan fingerprint density at radius 3 is 2.93 bits per heavy atom. The second kappa shape index (κ2) is 4.95. The van der Waals surface area contributed by atoms with Gasteiger partial charge in [-0.05, 0) is 22.4 Å². The fraction of sp³-hybridized carbons (Fsp3) is 0.333. The normalized spacial score (nSPS) is 11.7. The Morgan fingerprint density at radius 2 is 2.50 bits per heavy atom. The molecule has 0 spiro atoms. The number of aliphatic carboxylic acids is 1. The maximum absolute atomic E-state index is 10.6. The SMILES string of the molecule is CCC(=CCn1cc(Br)cn1)C(=O)O. The van der Waals surface area contributed by atoms with Crippen LogP contribution in [0.3, 0.4) is 0 Å². The van der Waals surface area contributed by atoms with Crippen molar-refractivity contribution in [2.75, 3.05) is 0 Å². The first kappa shape index (κ1) is 11.0. The zero-order valence-electron chi connectivity index (χ0n) is 7.77. The van der Waals surface area contributed by atoms with Crippen LogP contribution >= 0.6 is 15.9 Å². The summed E-state index contributed by atoms with van der Waals surface area (Å²) < 4.78 is 2.56. The zero-order valence-corrected chi connectivity index (χ0v) is 9.36. The molecule has 0 aliphatic heterocycles. The maximum atomic E-state index is 10.6. The Labute approximate surface area is 90.4 Å². The van der Waals surface area contributed by atoms with E-state index >= 15 is 0 Å². The lowest BCUT2D eigenvalue weighted by atomic mass is 10.2. The van der Waals surface area contributed by atoms with Crippen molar-refractivity contribution in [2.45, 2.75) is 19.9 Å². The third-order valence-electron chi connectivity index (χ3n) is 1.78. The Morgan fingerprint density at radius 1 is 1.79 bits per heavy atom. The third-order valence-corrected chi connectivity index (χ3v) is 2.19. The monoisotopic (exact) mass is 258 g/mol. The summed E-state index contributed by atoms with van der Waals surface area (Å²) in [5.74, 6) is -0.862. The predicted molar refractivity (Wildman–Crippen MR) is 55.9 cm³/mol. The molecule has 0 bridgehead atoms. The Balaban J connectivity index is 2.65. The molecular weight excluding hydrogens is 248 g/mol. The van der Waals surface area contributed by atoms with E-state index in [9.17, 15) is 4.79 Å². The number of carbonyl (C=O) groups is 1. The van der Waals surface area contributed by atoms with Crippen molar-refractivity contribution in [1.29, 1.82) is 0 Å². The van der Waals surface area contributed by atoms with Crippen molar-refractivity contribution in [3.8, 4) is 0 Å². The molecule has 14 heavy (non-hydrogen) atoms. The minimum atomic E-state index is -0.862. The average Bonchev–Trinajstić information content (AvgIpc) is 2.52. The molecular formula is C9H11BrN2O2. The molecule has 0 atom stereocenters. The minimum Gasteiger partial charge on any atom is -0.478 e. The Bertz CT molecular complexity index is 357. The third kappa shape index (κ3) is 2.99. The van der Waals surface area contributed by atoms with Crippen molar-refractivity contribution in [2.24, 2.45) is 0 Å². The second-order valence-corrected chi connectivity index (χ2v) is 3.68. The summed E-state index contributed by atoms with van der Waals surface area (Å²) in [6.07, 6.45) is 5.66. The van der Waals surface area contributed by atoms with Gasteiger partial charge in [0.25, 0.3) is 0 Å². The quantitative estimate of drug-likeness (QED) is 0.842. The highest BCUT2D eigenvalue weighted by molar-refractivity contribution is 9.10. The standard InChI is InChI=1S/C9H11BrN2O2/c1-2-7(9(13)14)3-4-12-6-8(10)5-11-12/h3,5-6H,2,4H2,1H3,(H,13,14). The van der Waals surface area contributed by atoms with Crippen molar-refractivity contribution in [1.82, 2.24) is 9.78 Å². The summed E-state index contributed by atoms with van der Waals surface area (Å²) in [6.45, 7) is 2.31. The van der Waals surface area contributed by atoms with E-state index in [0.29, 0.717) is 18.5 Å². The van der Waals surface area contributed by atoms with Crippen LogP contribution in [0.4, 0.5) is 0 Å². The molecule has 76 valence electrons. The predicted octanol–water partition coefficient (Wildman–Crippen LogP) is 2.07. The fourth-order valence-corrected chi connectivity index (χ4v) is 1.35. The number of allylic oxidation sites excluding steroid dienone is 1. The first-order valence-corrected chi connectivity index (χ1v) is 5.03. The van der Waals surface area contributed by atoms with Crippen molar-refractivity contribution >= 4 is 21.9 Å². The molecule has 0 aliphatic carbocycles. The van der Waals surface area contributed by atoms with E-state index in [1.54, 1.807) is 23.2 Å². The molecule has 1 heterocycles. The number of rotatable bonds is 4. The summed E-state index contributed by atoms with van der Waals surface area (Å²) in [7, 11) is 0. The molecule has 0 unspecified atom stereocenters. The number of carboxylic acids is 1. The van der Waals surface area contributed by atoms with E-state index in [0.717, 1.165) is 4.47 Å². The van der Waals surface area contributed by atoms with E-state index in [2.05, 4.69) is 21.0 Å². The van der Waals surface area contributed by atoms with Crippen molar-refractivity contribution < 1.29 is 9.90 Å². The van der Waals surface area contributed by atoms with Crippen LogP contribution in [0.5, 0.6) is 0 Å². The number of hydrogen-bond donors (Lipinski definition) is 1. The maximum Gasteiger partial charge on any atom is 0.331 e. The lowest BCUT2D eigenvalue weighted by Crippen LogP contribution is -2.02. The Kier molecular flexibility index (Phi) is 3.88. The van der Waals surface area contributed by atoms with Crippen molar-refractivity contribution in [3.05, 3.63) is 28.5 Å². The van der Waals surface area contributed by atoms with Gasteiger partial charge in [-0.25, -0.2) is 4.79 Å². The van der Waals surface area contributed by atoms with Gasteiger partial charge >= 0.3 is 5.97 Å². The van der Waals surface area contributed by atoms with Crippen LogP contribution < -0.4 is 0 Å². The lowest BCUT2D eigenvalue weighted by Gasteiger charge is -1.98. The highest BCUT2D eigenvalue weighted by atomic mass is 79.9. The smallest absolute Gasteiger partial charge is 0.331 e. The molecule has 0 saturated heterocycles. The minimum absolute atomic E-state index is 0.414. The molecule has 0 aromatic carbocycles. The molecule has 0 saturated carbocycles.